The van der Waals surface area contributed by atoms with E-state index in [0.717, 1.165) is 10.6 Å². The number of nitrogens with zero attached hydrogens (tertiary/aromatic N) is 1. The number of carbonyl (C=O) groups excluding carboxylic acids is 2. The lowest BCUT2D eigenvalue weighted by molar-refractivity contribution is -0.120. The highest BCUT2D eigenvalue weighted by molar-refractivity contribution is 6.30. The number of aromatic nitrogens is 1. The molecule has 0 fully saturated rings. The van der Waals surface area contributed by atoms with Crippen LogP contribution in [0.1, 0.15) is 28.5 Å². The molecule has 1 heterocycles. The fourth-order valence-corrected chi connectivity index (χ4v) is 3.30. The lowest BCUT2D eigenvalue weighted by Crippen LogP contribution is -2.25. The van der Waals surface area contributed by atoms with Crippen molar-refractivity contribution in [2.24, 2.45) is 0 Å². The van der Waals surface area contributed by atoms with Crippen LogP contribution in [0.15, 0.2) is 30.3 Å². The first kappa shape index (κ1) is 19.8. The zero-order chi connectivity index (χ0) is 20.6. The van der Waals surface area contributed by atoms with Gasteiger partial charge in [-0.15, -0.1) is 0 Å². The van der Waals surface area contributed by atoms with Crippen molar-refractivity contribution >= 4 is 34.3 Å². The Balaban J connectivity index is 2.27. The smallest absolute Gasteiger partial charge is 0.262 e. The van der Waals surface area contributed by atoms with Crippen molar-refractivity contribution in [3.8, 4) is 5.75 Å². The molecule has 146 valence electrons. The van der Waals surface area contributed by atoms with Crippen LogP contribution >= 0.6 is 11.6 Å². The standard InChI is InChI=1S/C20H17ClF2N2O3/c1-3-24-16(26)8-13-10(2)25(20(28)11-4-6-12(21)7-5-11)15-9-14(22)19(27)18(23)17(13)15/h4-7,9,27H,3,8H2,1-2H3,(H,24,26). The fraction of sp³-hybridized carbons (Fsp3) is 0.200. The SMILES string of the molecule is CCNC(=O)Cc1c(C)n(C(=O)c2ccc(Cl)cc2)c2cc(F)c(O)c(F)c12. The second-order valence-corrected chi connectivity index (χ2v) is 6.69. The highest BCUT2D eigenvalue weighted by Crippen LogP contribution is 2.35. The summed E-state index contributed by atoms with van der Waals surface area (Å²) in [5, 5.41) is 12.6. The zero-order valence-electron chi connectivity index (χ0n) is 15.1. The van der Waals surface area contributed by atoms with Crippen LogP contribution in [0.5, 0.6) is 5.75 Å². The molecule has 0 aliphatic heterocycles. The van der Waals surface area contributed by atoms with Gasteiger partial charge in [0.1, 0.15) is 0 Å². The summed E-state index contributed by atoms with van der Waals surface area (Å²) >= 11 is 5.85. The Morgan fingerprint density at radius 2 is 1.86 bits per heavy atom. The maximum Gasteiger partial charge on any atom is 0.262 e. The van der Waals surface area contributed by atoms with E-state index in [1.165, 1.54) is 31.2 Å². The molecule has 0 aliphatic rings. The predicted octanol–water partition coefficient (Wildman–Crippen LogP) is 3.95. The van der Waals surface area contributed by atoms with Crippen LogP contribution in [0, 0.1) is 18.6 Å². The molecule has 8 heteroatoms. The van der Waals surface area contributed by atoms with E-state index in [4.69, 9.17) is 11.6 Å². The minimum Gasteiger partial charge on any atom is -0.503 e. The molecule has 0 radical (unpaired) electrons. The first-order chi connectivity index (χ1) is 13.3. The summed E-state index contributed by atoms with van der Waals surface area (Å²) in [5.74, 6) is -4.48. The number of carbonyl (C=O) groups is 2. The predicted molar refractivity (Wildman–Crippen MR) is 102 cm³/mol. The first-order valence-electron chi connectivity index (χ1n) is 8.54. The number of phenols is 1. The van der Waals surface area contributed by atoms with Crippen molar-refractivity contribution in [3.05, 3.63) is 63.8 Å². The molecule has 2 N–H and O–H groups in total. The number of likely N-dealkylation sites (N-methyl/N-ethyl adjacent to an activating group) is 1. The molecule has 0 saturated heterocycles. The lowest BCUT2D eigenvalue weighted by atomic mass is 10.1. The Hall–Kier alpha value is -2.93. The molecule has 28 heavy (non-hydrogen) atoms. The van der Waals surface area contributed by atoms with Crippen molar-refractivity contribution in [3.63, 3.8) is 0 Å². The Morgan fingerprint density at radius 3 is 2.46 bits per heavy atom. The average molecular weight is 407 g/mol. The Morgan fingerprint density at radius 1 is 1.21 bits per heavy atom. The number of halogens is 3. The molecular weight excluding hydrogens is 390 g/mol. The highest BCUT2D eigenvalue weighted by atomic mass is 35.5. The van der Waals surface area contributed by atoms with Crippen LogP contribution in [0.4, 0.5) is 8.78 Å². The van der Waals surface area contributed by atoms with Gasteiger partial charge in [0.2, 0.25) is 5.91 Å². The largest absolute Gasteiger partial charge is 0.503 e. The van der Waals surface area contributed by atoms with E-state index in [1.54, 1.807) is 6.92 Å². The van der Waals surface area contributed by atoms with Crippen LogP contribution < -0.4 is 5.32 Å². The summed E-state index contributed by atoms with van der Waals surface area (Å²) in [6.07, 6.45) is -0.223. The maximum atomic E-state index is 14.7. The molecule has 0 saturated carbocycles. The minimum absolute atomic E-state index is 0.0652. The number of phenolic OH excluding ortho intramolecular Hbond substituents is 1. The number of hydrogen-bond donors (Lipinski definition) is 2. The van der Waals surface area contributed by atoms with Crippen molar-refractivity contribution in [1.82, 2.24) is 9.88 Å². The van der Waals surface area contributed by atoms with Gasteiger partial charge in [-0.3, -0.25) is 14.2 Å². The van der Waals surface area contributed by atoms with E-state index < -0.39 is 23.3 Å². The zero-order valence-corrected chi connectivity index (χ0v) is 15.9. The van der Waals surface area contributed by atoms with Gasteiger partial charge >= 0.3 is 0 Å². The van der Waals surface area contributed by atoms with Crippen LogP contribution in [-0.2, 0) is 11.2 Å². The molecule has 0 bridgehead atoms. The van der Waals surface area contributed by atoms with E-state index in [9.17, 15) is 23.5 Å². The summed E-state index contributed by atoms with van der Waals surface area (Å²) < 4.78 is 29.9. The van der Waals surface area contributed by atoms with Gasteiger partial charge in [0.15, 0.2) is 17.4 Å². The van der Waals surface area contributed by atoms with Gasteiger partial charge in [-0.1, -0.05) is 11.6 Å². The summed E-state index contributed by atoms with van der Waals surface area (Å²) in [6.45, 7) is 3.65. The normalized spacial score (nSPS) is 11.0. The first-order valence-corrected chi connectivity index (χ1v) is 8.91. The lowest BCUT2D eigenvalue weighted by Gasteiger charge is -2.08. The molecule has 0 unspecified atom stereocenters. The summed E-state index contributed by atoms with van der Waals surface area (Å²) in [4.78, 5) is 25.1. The monoisotopic (exact) mass is 406 g/mol. The third kappa shape index (κ3) is 3.33. The van der Waals surface area contributed by atoms with Gasteiger partial charge in [-0.2, -0.15) is 0 Å². The van der Waals surface area contributed by atoms with Crippen molar-refractivity contribution in [2.75, 3.05) is 6.54 Å². The van der Waals surface area contributed by atoms with E-state index in [0.29, 0.717) is 11.6 Å². The topological polar surface area (TPSA) is 71.3 Å². The Kier molecular flexibility index (Phi) is 5.38. The molecule has 0 spiro atoms. The van der Waals surface area contributed by atoms with E-state index in [1.807, 2.05) is 0 Å². The second-order valence-electron chi connectivity index (χ2n) is 6.26. The molecule has 3 aromatic rings. The maximum absolute atomic E-state index is 14.7. The highest BCUT2D eigenvalue weighted by Gasteiger charge is 2.26. The summed E-state index contributed by atoms with van der Waals surface area (Å²) in [6, 6.07) is 6.92. The van der Waals surface area contributed by atoms with Crippen LogP contribution in [-0.4, -0.2) is 28.0 Å². The van der Waals surface area contributed by atoms with Gasteiger partial charge in [-0.05, 0) is 43.7 Å². The molecule has 1 amide bonds. The number of benzene rings is 2. The number of aromatic hydroxyl groups is 1. The summed E-state index contributed by atoms with van der Waals surface area (Å²) in [5.41, 5.74) is 0.675. The third-order valence-electron chi connectivity index (χ3n) is 4.49. The van der Waals surface area contributed by atoms with Crippen molar-refractivity contribution in [2.45, 2.75) is 20.3 Å². The third-order valence-corrected chi connectivity index (χ3v) is 4.75. The molecule has 1 aromatic heterocycles. The van der Waals surface area contributed by atoms with E-state index >= 15 is 0 Å². The van der Waals surface area contributed by atoms with Gasteiger partial charge < -0.3 is 10.4 Å². The Labute approximate surface area is 164 Å². The van der Waals surface area contributed by atoms with Gasteiger partial charge in [0.25, 0.3) is 5.91 Å². The van der Waals surface area contributed by atoms with Crippen molar-refractivity contribution < 1.29 is 23.5 Å². The number of fused-ring (bicyclic) bond motifs is 1. The van der Waals surface area contributed by atoms with Gasteiger partial charge in [0.05, 0.1) is 11.9 Å². The second kappa shape index (κ2) is 7.59. The average Bonchev–Trinajstić information content (AvgIpc) is 2.91. The number of nitrogens with one attached hydrogen (secondary N) is 1. The van der Waals surface area contributed by atoms with E-state index in [-0.39, 0.29) is 40.1 Å². The molecular formula is C20H17ClF2N2O3. The molecule has 3 rings (SSSR count). The molecule has 2 aromatic carbocycles. The summed E-state index contributed by atoms with van der Waals surface area (Å²) in [7, 11) is 0. The van der Waals surface area contributed by atoms with Crippen LogP contribution in [0.25, 0.3) is 10.9 Å². The van der Waals surface area contributed by atoms with Crippen molar-refractivity contribution in [1.29, 1.82) is 0 Å². The number of rotatable bonds is 4. The van der Waals surface area contributed by atoms with Gasteiger partial charge in [-0.25, -0.2) is 8.78 Å². The number of hydrogen-bond acceptors (Lipinski definition) is 3. The molecule has 0 aliphatic carbocycles. The van der Waals surface area contributed by atoms with E-state index in [2.05, 4.69) is 5.32 Å². The Bertz CT molecular complexity index is 1090. The fourth-order valence-electron chi connectivity index (χ4n) is 3.18. The molecule has 0 atom stereocenters. The minimum atomic E-state index is -1.21. The number of amides is 1. The van der Waals surface area contributed by atoms with Crippen LogP contribution in [0.2, 0.25) is 5.02 Å². The van der Waals surface area contributed by atoms with Crippen LogP contribution in [0.3, 0.4) is 0 Å². The van der Waals surface area contributed by atoms with Gasteiger partial charge in [0, 0.05) is 34.3 Å². The molecule has 5 nitrogen and oxygen atoms in total. The quantitative estimate of drug-likeness (QED) is 0.689.